The second-order valence-electron chi connectivity index (χ2n) is 8.64. The zero-order chi connectivity index (χ0) is 20.7. The van der Waals surface area contributed by atoms with Gasteiger partial charge < -0.3 is 14.8 Å². The second kappa shape index (κ2) is 8.22. The molecule has 2 aromatic rings. The van der Waals surface area contributed by atoms with Crippen molar-refractivity contribution in [2.24, 2.45) is 7.05 Å². The summed E-state index contributed by atoms with van der Waals surface area (Å²) in [5.41, 5.74) is 2.66. The number of amides is 1. The number of nitriles is 1. The average molecular weight is 425 g/mol. The molecule has 1 N–H and O–H groups in total. The highest BCUT2D eigenvalue weighted by Crippen LogP contribution is 2.32. The van der Waals surface area contributed by atoms with Crippen molar-refractivity contribution in [1.29, 1.82) is 5.26 Å². The number of carbonyl (C=O) groups excluding carboxylic acids is 1. The summed E-state index contributed by atoms with van der Waals surface area (Å²) < 4.78 is 2.19. The molecular weight excluding hydrogens is 396 g/mol. The van der Waals surface area contributed by atoms with Crippen molar-refractivity contribution >= 4 is 28.7 Å². The number of nitrogens with one attached hydrogen (secondary N) is 1. The van der Waals surface area contributed by atoms with Crippen LogP contribution in [0.15, 0.2) is 18.2 Å². The van der Waals surface area contributed by atoms with Crippen LogP contribution in [0, 0.1) is 11.3 Å². The smallest absolute Gasteiger partial charge is 0.240 e. The van der Waals surface area contributed by atoms with Gasteiger partial charge in [-0.3, -0.25) is 9.69 Å². The number of carbonyl (C=O) groups is 1. The van der Waals surface area contributed by atoms with Crippen LogP contribution in [0.3, 0.4) is 0 Å². The summed E-state index contributed by atoms with van der Waals surface area (Å²) in [6.45, 7) is 3.89. The SMILES string of the molecule is Cn1c(C2CCN([C@@H]3CN[C@H](C(=O)N4CCSC4)C3)CC2)nc2cc(C#N)ccc21. The number of aromatic nitrogens is 2. The van der Waals surface area contributed by atoms with Crippen molar-refractivity contribution in [3.05, 3.63) is 29.6 Å². The Bertz CT molecular complexity index is 983. The molecule has 5 rings (SSSR count). The van der Waals surface area contributed by atoms with Gasteiger partial charge in [-0.1, -0.05) is 0 Å². The van der Waals surface area contributed by atoms with Gasteiger partial charge in [-0.15, -0.1) is 11.8 Å². The molecule has 8 heteroatoms. The van der Waals surface area contributed by atoms with Gasteiger partial charge in [0.05, 0.1) is 34.6 Å². The topological polar surface area (TPSA) is 77.2 Å². The molecular formula is C22H28N6OS. The summed E-state index contributed by atoms with van der Waals surface area (Å²) in [6, 6.07) is 8.39. The van der Waals surface area contributed by atoms with E-state index < -0.39 is 0 Å². The van der Waals surface area contributed by atoms with Crippen LogP contribution >= 0.6 is 11.8 Å². The van der Waals surface area contributed by atoms with Crippen LogP contribution in [0.4, 0.5) is 0 Å². The van der Waals surface area contributed by atoms with E-state index in [1.54, 1.807) is 0 Å². The Balaban J connectivity index is 1.21. The second-order valence-corrected chi connectivity index (χ2v) is 9.72. The van der Waals surface area contributed by atoms with Gasteiger partial charge in [0.15, 0.2) is 0 Å². The fraction of sp³-hybridized carbons (Fsp3) is 0.591. The van der Waals surface area contributed by atoms with E-state index in [2.05, 4.69) is 27.9 Å². The molecule has 3 aliphatic heterocycles. The Labute approximate surface area is 181 Å². The highest BCUT2D eigenvalue weighted by molar-refractivity contribution is 7.99. The van der Waals surface area contributed by atoms with Gasteiger partial charge in [0.25, 0.3) is 0 Å². The fourth-order valence-electron chi connectivity index (χ4n) is 5.17. The Morgan fingerprint density at radius 3 is 2.87 bits per heavy atom. The predicted molar refractivity (Wildman–Crippen MR) is 118 cm³/mol. The van der Waals surface area contributed by atoms with Crippen LogP contribution in [0.5, 0.6) is 0 Å². The first-order chi connectivity index (χ1) is 14.6. The van der Waals surface area contributed by atoms with E-state index in [1.165, 1.54) is 0 Å². The molecule has 0 bridgehead atoms. The molecule has 0 saturated carbocycles. The van der Waals surface area contributed by atoms with Crippen molar-refractivity contribution in [2.75, 3.05) is 37.8 Å². The number of likely N-dealkylation sites (tertiary alicyclic amines) is 1. The summed E-state index contributed by atoms with van der Waals surface area (Å²) in [5.74, 6) is 3.77. The molecule has 30 heavy (non-hydrogen) atoms. The lowest BCUT2D eigenvalue weighted by atomic mass is 9.94. The molecule has 1 amide bonds. The molecule has 0 radical (unpaired) electrons. The predicted octanol–water partition coefficient (Wildman–Crippen LogP) is 1.89. The van der Waals surface area contributed by atoms with Crippen LogP contribution in [0.2, 0.25) is 0 Å². The first kappa shape index (κ1) is 19.9. The molecule has 0 spiro atoms. The van der Waals surface area contributed by atoms with Gasteiger partial charge in [-0.05, 0) is 50.6 Å². The molecule has 158 valence electrons. The Morgan fingerprint density at radius 2 is 2.13 bits per heavy atom. The first-order valence-corrected chi connectivity index (χ1v) is 12.0. The van der Waals surface area contributed by atoms with Gasteiger partial charge >= 0.3 is 0 Å². The van der Waals surface area contributed by atoms with Gasteiger partial charge in [-0.2, -0.15) is 5.26 Å². The summed E-state index contributed by atoms with van der Waals surface area (Å²) in [6.07, 6.45) is 3.09. The molecule has 3 fully saturated rings. The third-order valence-corrected chi connectivity index (χ3v) is 7.89. The Morgan fingerprint density at radius 1 is 1.30 bits per heavy atom. The highest BCUT2D eigenvalue weighted by atomic mass is 32.2. The lowest BCUT2D eigenvalue weighted by Gasteiger charge is -2.35. The van der Waals surface area contributed by atoms with E-state index in [-0.39, 0.29) is 11.9 Å². The third-order valence-electron chi connectivity index (χ3n) is 6.93. The van der Waals surface area contributed by atoms with Crippen LogP contribution in [-0.2, 0) is 11.8 Å². The fourth-order valence-corrected chi connectivity index (χ4v) is 6.12. The highest BCUT2D eigenvalue weighted by Gasteiger charge is 2.37. The molecule has 1 aromatic carbocycles. The largest absolute Gasteiger partial charge is 0.331 e. The molecule has 7 nitrogen and oxygen atoms in total. The molecule has 3 aliphatic rings. The first-order valence-electron chi connectivity index (χ1n) is 10.8. The minimum atomic E-state index is -0.0133. The van der Waals surface area contributed by atoms with E-state index in [0.717, 1.165) is 73.9 Å². The van der Waals surface area contributed by atoms with E-state index in [0.29, 0.717) is 17.5 Å². The van der Waals surface area contributed by atoms with Gasteiger partial charge in [0.1, 0.15) is 5.82 Å². The van der Waals surface area contributed by atoms with Crippen LogP contribution < -0.4 is 5.32 Å². The Hall–Kier alpha value is -2.08. The number of imidazole rings is 1. The number of nitrogens with zero attached hydrogens (tertiary/aromatic N) is 5. The van der Waals surface area contributed by atoms with Gasteiger partial charge in [0, 0.05) is 37.8 Å². The zero-order valence-electron chi connectivity index (χ0n) is 17.4. The van der Waals surface area contributed by atoms with Gasteiger partial charge in [-0.25, -0.2) is 4.98 Å². The van der Waals surface area contributed by atoms with E-state index in [9.17, 15) is 4.79 Å². The number of hydrogen-bond donors (Lipinski definition) is 1. The standard InChI is InChI=1S/C22H28N6OS/c1-26-20-3-2-15(12-23)10-18(20)25-21(26)16-4-6-27(7-5-16)17-11-19(24-13-17)22(29)28-8-9-30-14-28/h2-3,10,16-17,19,24H,4-9,11,13-14H2,1H3/t17-,19-/m0/s1. The molecule has 3 saturated heterocycles. The van der Waals surface area contributed by atoms with Crippen molar-refractivity contribution in [3.63, 3.8) is 0 Å². The summed E-state index contributed by atoms with van der Waals surface area (Å²) in [4.78, 5) is 22.1. The minimum Gasteiger partial charge on any atom is -0.331 e. The minimum absolute atomic E-state index is 0.0133. The van der Waals surface area contributed by atoms with Crippen molar-refractivity contribution < 1.29 is 4.79 Å². The molecule has 4 heterocycles. The number of rotatable bonds is 3. The molecule has 1 aromatic heterocycles. The number of benzene rings is 1. The number of thioether (sulfide) groups is 1. The van der Waals surface area contributed by atoms with Crippen LogP contribution in [0.25, 0.3) is 11.0 Å². The maximum absolute atomic E-state index is 12.7. The van der Waals surface area contributed by atoms with E-state index in [1.807, 2.05) is 34.9 Å². The quantitative estimate of drug-likeness (QED) is 0.811. The lowest BCUT2D eigenvalue weighted by Crippen LogP contribution is -2.42. The third kappa shape index (κ3) is 3.59. The van der Waals surface area contributed by atoms with Crippen LogP contribution in [-0.4, -0.2) is 75.2 Å². The number of piperidine rings is 1. The number of aryl methyl sites for hydroxylation is 1. The van der Waals surface area contributed by atoms with Crippen molar-refractivity contribution in [3.8, 4) is 6.07 Å². The lowest BCUT2D eigenvalue weighted by molar-refractivity contribution is -0.131. The maximum atomic E-state index is 12.7. The molecule has 0 aliphatic carbocycles. The number of fused-ring (bicyclic) bond motifs is 1. The van der Waals surface area contributed by atoms with E-state index in [4.69, 9.17) is 10.2 Å². The summed E-state index contributed by atoms with van der Waals surface area (Å²) in [5, 5.41) is 12.6. The molecule has 2 atom stereocenters. The summed E-state index contributed by atoms with van der Waals surface area (Å²) >= 11 is 1.84. The van der Waals surface area contributed by atoms with Crippen molar-refractivity contribution in [1.82, 2.24) is 24.7 Å². The molecule has 0 unspecified atom stereocenters. The van der Waals surface area contributed by atoms with E-state index >= 15 is 0 Å². The zero-order valence-corrected chi connectivity index (χ0v) is 18.2. The number of hydrogen-bond acceptors (Lipinski definition) is 6. The maximum Gasteiger partial charge on any atom is 0.240 e. The van der Waals surface area contributed by atoms with Gasteiger partial charge in [0.2, 0.25) is 5.91 Å². The monoisotopic (exact) mass is 424 g/mol. The Kier molecular flexibility index (Phi) is 5.44. The van der Waals surface area contributed by atoms with Crippen LogP contribution in [0.1, 0.15) is 36.6 Å². The van der Waals surface area contributed by atoms with Crippen molar-refractivity contribution in [2.45, 2.75) is 37.3 Å². The summed E-state index contributed by atoms with van der Waals surface area (Å²) in [7, 11) is 2.08. The normalized spacial score (nSPS) is 25.8. The average Bonchev–Trinajstić information content (AvgIpc) is 3.54.